The van der Waals surface area contributed by atoms with Crippen LogP contribution in [0, 0.1) is 0 Å². The molecule has 154 valence electrons. The highest BCUT2D eigenvalue weighted by Crippen LogP contribution is 2.13. The van der Waals surface area contributed by atoms with Gasteiger partial charge in [0.15, 0.2) is 0 Å². The quantitative estimate of drug-likeness (QED) is 0.269. The van der Waals surface area contributed by atoms with Gasteiger partial charge in [0, 0.05) is 6.42 Å². The Morgan fingerprint density at radius 1 is 0.808 bits per heavy atom. The van der Waals surface area contributed by atoms with Gasteiger partial charge < -0.3 is 10.8 Å². The molecule has 5 heteroatoms. The number of carbonyl (C=O) groups is 2. The first-order valence-corrected chi connectivity index (χ1v) is 10.4. The zero-order valence-electron chi connectivity index (χ0n) is 16.9. The van der Waals surface area contributed by atoms with Gasteiger partial charge in [0.2, 0.25) is 5.91 Å². The van der Waals surface area contributed by atoms with Crippen molar-refractivity contribution in [3.63, 3.8) is 0 Å². The molecule has 0 aromatic heterocycles. The van der Waals surface area contributed by atoms with Crippen LogP contribution in [0.3, 0.4) is 0 Å². The third-order valence-electron chi connectivity index (χ3n) is 4.25. The SMILES string of the molecule is C=CNC(=O)O.CCCCCCCCCCCCCCCCCC(N)=O. The van der Waals surface area contributed by atoms with Crippen molar-refractivity contribution in [3.05, 3.63) is 12.8 Å². The second-order valence-electron chi connectivity index (χ2n) is 6.82. The molecule has 0 rings (SSSR count). The number of unbranched alkanes of at least 4 members (excludes halogenated alkanes) is 14. The van der Waals surface area contributed by atoms with E-state index in [1.807, 2.05) is 5.32 Å². The van der Waals surface area contributed by atoms with Crippen LogP contribution in [0.25, 0.3) is 0 Å². The number of hydrogen-bond acceptors (Lipinski definition) is 2. The fourth-order valence-electron chi connectivity index (χ4n) is 2.76. The number of rotatable bonds is 17. The van der Waals surface area contributed by atoms with E-state index >= 15 is 0 Å². The van der Waals surface area contributed by atoms with Crippen molar-refractivity contribution in [1.82, 2.24) is 5.32 Å². The van der Waals surface area contributed by atoms with Crippen molar-refractivity contribution in [3.8, 4) is 0 Å². The number of hydrogen-bond donors (Lipinski definition) is 3. The molecule has 0 radical (unpaired) electrons. The molecule has 0 fully saturated rings. The molecular formula is C21H42N2O3. The van der Waals surface area contributed by atoms with Gasteiger partial charge in [-0.3, -0.25) is 10.1 Å². The molecule has 0 aromatic carbocycles. The molecule has 2 amide bonds. The van der Waals surface area contributed by atoms with Crippen molar-refractivity contribution in [2.45, 2.75) is 110 Å². The molecule has 4 N–H and O–H groups in total. The number of primary amides is 1. The Morgan fingerprint density at radius 3 is 1.38 bits per heavy atom. The molecule has 0 spiro atoms. The number of carboxylic acid groups (broad SMARTS) is 1. The second kappa shape index (κ2) is 23.5. The maximum Gasteiger partial charge on any atom is 0.408 e. The molecule has 0 aromatic rings. The fraction of sp³-hybridized carbons (Fsp3) is 0.810. The van der Waals surface area contributed by atoms with Crippen LogP contribution >= 0.6 is 0 Å². The number of amides is 2. The van der Waals surface area contributed by atoms with Crippen molar-refractivity contribution in [1.29, 1.82) is 0 Å². The van der Waals surface area contributed by atoms with Crippen molar-refractivity contribution < 1.29 is 14.7 Å². The lowest BCUT2D eigenvalue weighted by molar-refractivity contribution is -0.118. The molecule has 0 bridgehead atoms. The molecule has 26 heavy (non-hydrogen) atoms. The molecule has 0 aliphatic heterocycles. The molecule has 0 aliphatic carbocycles. The summed E-state index contributed by atoms with van der Waals surface area (Å²) in [6.45, 7) is 5.38. The van der Waals surface area contributed by atoms with Crippen molar-refractivity contribution in [2.75, 3.05) is 0 Å². The van der Waals surface area contributed by atoms with E-state index in [0.29, 0.717) is 6.42 Å². The van der Waals surface area contributed by atoms with Crippen LogP contribution in [0.4, 0.5) is 4.79 Å². The lowest BCUT2D eigenvalue weighted by Gasteiger charge is -2.03. The van der Waals surface area contributed by atoms with Gasteiger partial charge >= 0.3 is 6.09 Å². The maximum atomic E-state index is 10.6. The summed E-state index contributed by atoms with van der Waals surface area (Å²) in [6, 6.07) is 0. The van der Waals surface area contributed by atoms with Crippen molar-refractivity contribution in [2.24, 2.45) is 5.73 Å². The van der Waals surface area contributed by atoms with Crippen LogP contribution in [0.2, 0.25) is 0 Å². The minimum atomic E-state index is -1.08. The summed E-state index contributed by atoms with van der Waals surface area (Å²) < 4.78 is 0. The predicted octanol–water partition coefficient (Wildman–Crippen LogP) is 6.13. The summed E-state index contributed by atoms with van der Waals surface area (Å²) in [7, 11) is 0. The zero-order chi connectivity index (χ0) is 19.9. The van der Waals surface area contributed by atoms with Crippen LogP contribution in [0.15, 0.2) is 12.8 Å². The molecule has 0 saturated heterocycles. The van der Waals surface area contributed by atoms with Gasteiger partial charge in [0.1, 0.15) is 0 Å². The largest absolute Gasteiger partial charge is 0.465 e. The summed E-state index contributed by atoms with van der Waals surface area (Å²) in [4.78, 5) is 20.0. The molecule has 0 atom stereocenters. The van der Waals surface area contributed by atoms with Gasteiger partial charge in [-0.1, -0.05) is 103 Å². The fourth-order valence-corrected chi connectivity index (χ4v) is 2.76. The highest BCUT2D eigenvalue weighted by molar-refractivity contribution is 5.73. The summed E-state index contributed by atoms with van der Waals surface area (Å²) in [5, 5.41) is 9.62. The van der Waals surface area contributed by atoms with E-state index in [9.17, 15) is 9.59 Å². The molecule has 5 nitrogen and oxygen atoms in total. The Labute approximate surface area is 160 Å². The van der Waals surface area contributed by atoms with Gasteiger partial charge in [-0.05, 0) is 12.6 Å². The van der Waals surface area contributed by atoms with Gasteiger partial charge in [-0.15, -0.1) is 0 Å². The summed E-state index contributed by atoms with van der Waals surface area (Å²) in [5.41, 5.74) is 5.11. The Morgan fingerprint density at radius 2 is 1.15 bits per heavy atom. The van der Waals surface area contributed by atoms with Crippen LogP contribution in [-0.4, -0.2) is 17.1 Å². The monoisotopic (exact) mass is 370 g/mol. The summed E-state index contributed by atoms with van der Waals surface area (Å²) in [5.74, 6) is -0.153. The van der Waals surface area contributed by atoms with Gasteiger partial charge in [-0.25, -0.2) is 4.79 Å². The minimum absolute atomic E-state index is 0.153. The standard InChI is InChI=1S/C18H37NO.C3H5NO2/c1-2-3-4-5-6-7-8-9-10-11-12-13-14-15-16-17-18(19)20;1-2-4-3(5)6/h2-17H2,1H3,(H2,19,20);2,4H,1H2,(H,5,6). The summed E-state index contributed by atoms with van der Waals surface area (Å²) in [6.07, 6.45) is 20.9. The summed E-state index contributed by atoms with van der Waals surface area (Å²) >= 11 is 0. The van der Waals surface area contributed by atoms with E-state index in [4.69, 9.17) is 10.8 Å². The topological polar surface area (TPSA) is 92.4 Å². The molecular weight excluding hydrogens is 328 g/mol. The number of nitrogens with one attached hydrogen (secondary N) is 1. The van der Waals surface area contributed by atoms with E-state index in [1.54, 1.807) is 0 Å². The van der Waals surface area contributed by atoms with E-state index in [0.717, 1.165) is 12.6 Å². The smallest absolute Gasteiger partial charge is 0.408 e. The van der Waals surface area contributed by atoms with E-state index < -0.39 is 6.09 Å². The molecule has 0 unspecified atom stereocenters. The second-order valence-corrected chi connectivity index (χ2v) is 6.82. The lowest BCUT2D eigenvalue weighted by Crippen LogP contribution is -2.11. The Hall–Kier alpha value is -1.52. The highest BCUT2D eigenvalue weighted by atomic mass is 16.4. The molecule has 0 heterocycles. The average molecular weight is 371 g/mol. The first-order valence-electron chi connectivity index (χ1n) is 10.4. The van der Waals surface area contributed by atoms with Crippen LogP contribution < -0.4 is 11.1 Å². The average Bonchev–Trinajstić information content (AvgIpc) is 2.58. The van der Waals surface area contributed by atoms with E-state index in [1.165, 1.54) is 89.9 Å². The van der Waals surface area contributed by atoms with Gasteiger partial charge in [0.05, 0.1) is 0 Å². The van der Waals surface area contributed by atoms with Crippen LogP contribution in [-0.2, 0) is 4.79 Å². The number of carbonyl (C=O) groups excluding carboxylic acids is 1. The third kappa shape index (κ3) is 30.4. The predicted molar refractivity (Wildman–Crippen MR) is 110 cm³/mol. The minimum Gasteiger partial charge on any atom is -0.465 e. The van der Waals surface area contributed by atoms with Crippen LogP contribution in [0.5, 0.6) is 0 Å². The Bertz CT molecular complexity index is 333. The first kappa shape index (κ1) is 26.7. The number of nitrogens with two attached hydrogens (primary N) is 1. The van der Waals surface area contributed by atoms with Gasteiger partial charge in [0.25, 0.3) is 0 Å². The molecule has 0 aliphatic rings. The third-order valence-corrected chi connectivity index (χ3v) is 4.25. The van der Waals surface area contributed by atoms with E-state index in [2.05, 4.69) is 13.5 Å². The maximum absolute atomic E-state index is 10.6. The van der Waals surface area contributed by atoms with Gasteiger partial charge in [-0.2, -0.15) is 0 Å². The van der Waals surface area contributed by atoms with Crippen molar-refractivity contribution >= 4 is 12.0 Å². The van der Waals surface area contributed by atoms with E-state index in [-0.39, 0.29) is 5.91 Å². The molecule has 0 saturated carbocycles. The first-order chi connectivity index (χ1) is 12.5. The Balaban J connectivity index is 0. The Kier molecular flexibility index (Phi) is 24.1. The van der Waals surface area contributed by atoms with Crippen LogP contribution in [0.1, 0.15) is 110 Å². The normalized spacial score (nSPS) is 9.88. The lowest BCUT2D eigenvalue weighted by atomic mass is 10.0. The highest BCUT2D eigenvalue weighted by Gasteiger charge is 1.96. The zero-order valence-corrected chi connectivity index (χ0v) is 16.9.